The quantitative estimate of drug-likeness (QED) is 0.193. The molecule has 6 rings (SSSR count). The highest BCUT2D eigenvalue weighted by molar-refractivity contribution is 7.99. The average molecular weight is 629 g/mol. The van der Waals surface area contributed by atoms with Gasteiger partial charge in [0.1, 0.15) is 11.6 Å². The molecule has 0 unspecified atom stereocenters. The lowest BCUT2D eigenvalue weighted by Crippen LogP contribution is -2.28. The van der Waals surface area contributed by atoms with Gasteiger partial charge in [0.15, 0.2) is 11.0 Å². The third-order valence-corrected chi connectivity index (χ3v) is 8.87. The van der Waals surface area contributed by atoms with Crippen molar-refractivity contribution in [2.45, 2.75) is 31.1 Å². The van der Waals surface area contributed by atoms with E-state index in [-0.39, 0.29) is 29.8 Å². The molecule has 5 aromatic rings. The van der Waals surface area contributed by atoms with Crippen LogP contribution in [0.1, 0.15) is 44.6 Å². The standard InChI is InChI=1S/C32H26F2N6O2S2/c1-20-7-9-21(10-8-20)27-17-26(28-6-3-15-43-28)38-40(27)30(41)19-44-32-37-36-29(39(32)25-13-11-23(33)12-14-25)18-35-31(42)22-4-2-5-24(34)16-22/h2-16,27H,17-19H2,1H3,(H,35,42)/t27-/m1/s1. The average Bonchev–Trinajstić information content (AvgIpc) is 3.80. The van der Waals surface area contributed by atoms with Crippen LogP contribution in [0.5, 0.6) is 0 Å². The number of nitrogens with zero attached hydrogens (tertiary/aromatic N) is 5. The Labute approximate surface area is 260 Å². The highest BCUT2D eigenvalue weighted by Gasteiger charge is 2.33. The Morgan fingerprint density at radius 2 is 1.77 bits per heavy atom. The Balaban J connectivity index is 1.23. The Kier molecular flexibility index (Phi) is 8.62. The molecule has 12 heteroatoms. The Morgan fingerprint density at radius 1 is 0.977 bits per heavy atom. The smallest absolute Gasteiger partial charge is 0.253 e. The van der Waals surface area contributed by atoms with Crippen molar-refractivity contribution < 1.29 is 18.4 Å². The number of nitrogens with one attached hydrogen (secondary N) is 1. The molecule has 0 aliphatic carbocycles. The first-order chi connectivity index (χ1) is 21.4. The van der Waals surface area contributed by atoms with Gasteiger partial charge in [-0.1, -0.05) is 53.7 Å². The molecule has 2 amide bonds. The molecule has 0 saturated heterocycles. The van der Waals surface area contributed by atoms with Gasteiger partial charge in [-0.3, -0.25) is 14.2 Å². The van der Waals surface area contributed by atoms with Gasteiger partial charge in [0.2, 0.25) is 0 Å². The number of hydrogen-bond donors (Lipinski definition) is 1. The SMILES string of the molecule is Cc1ccc([C@H]2CC(c3cccs3)=NN2C(=O)CSc2nnc(CNC(=O)c3cccc(F)c3)n2-c2ccc(F)cc2)cc1. The first kappa shape index (κ1) is 29.4. The lowest BCUT2D eigenvalue weighted by molar-refractivity contribution is -0.130. The van der Waals surface area contributed by atoms with Crippen molar-refractivity contribution in [1.82, 2.24) is 25.1 Å². The Hall–Kier alpha value is -4.68. The molecule has 1 N–H and O–H groups in total. The Bertz CT molecular complexity index is 1820. The number of aromatic nitrogens is 3. The van der Waals surface area contributed by atoms with E-state index in [2.05, 4.69) is 15.5 Å². The first-order valence-electron chi connectivity index (χ1n) is 13.7. The van der Waals surface area contributed by atoms with Crippen molar-refractivity contribution in [3.63, 3.8) is 0 Å². The number of hydrogen-bond acceptors (Lipinski definition) is 7. The van der Waals surface area contributed by atoms with Gasteiger partial charge in [0.25, 0.3) is 11.8 Å². The van der Waals surface area contributed by atoms with E-state index in [0.29, 0.717) is 23.1 Å². The zero-order valence-electron chi connectivity index (χ0n) is 23.5. The summed E-state index contributed by atoms with van der Waals surface area (Å²) in [6.45, 7) is 1.98. The summed E-state index contributed by atoms with van der Waals surface area (Å²) in [5.41, 5.74) is 3.69. The fraction of sp³-hybridized carbons (Fsp3) is 0.156. The monoisotopic (exact) mass is 628 g/mol. The zero-order chi connectivity index (χ0) is 30.6. The van der Waals surface area contributed by atoms with Crippen molar-refractivity contribution in [3.05, 3.63) is 129 Å². The van der Waals surface area contributed by atoms with Gasteiger partial charge in [-0.2, -0.15) is 5.10 Å². The number of carbonyl (C=O) groups is 2. The van der Waals surface area contributed by atoms with E-state index >= 15 is 0 Å². The Morgan fingerprint density at radius 3 is 2.50 bits per heavy atom. The van der Waals surface area contributed by atoms with Gasteiger partial charge in [-0.25, -0.2) is 13.8 Å². The van der Waals surface area contributed by atoms with Crippen LogP contribution in [0.4, 0.5) is 8.78 Å². The third kappa shape index (κ3) is 6.46. The van der Waals surface area contributed by atoms with E-state index in [9.17, 15) is 18.4 Å². The molecule has 0 radical (unpaired) electrons. The molecule has 1 atom stereocenters. The molecule has 44 heavy (non-hydrogen) atoms. The van der Waals surface area contributed by atoms with E-state index in [1.54, 1.807) is 33.0 Å². The summed E-state index contributed by atoms with van der Waals surface area (Å²) in [6.07, 6.45) is 0.598. The topological polar surface area (TPSA) is 92.5 Å². The number of benzene rings is 3. The summed E-state index contributed by atoms with van der Waals surface area (Å²) in [4.78, 5) is 27.4. The fourth-order valence-electron chi connectivity index (χ4n) is 4.82. The van der Waals surface area contributed by atoms with Crippen molar-refractivity contribution >= 4 is 40.6 Å². The summed E-state index contributed by atoms with van der Waals surface area (Å²) in [5, 5.41) is 19.9. The first-order valence-corrected chi connectivity index (χ1v) is 15.6. The normalized spacial score (nSPS) is 14.5. The minimum atomic E-state index is -0.523. The number of carbonyl (C=O) groups excluding carboxylic acids is 2. The van der Waals surface area contributed by atoms with Crippen molar-refractivity contribution in [2.24, 2.45) is 5.10 Å². The highest BCUT2D eigenvalue weighted by Crippen LogP contribution is 2.35. The van der Waals surface area contributed by atoms with Gasteiger partial charge in [-0.05, 0) is 66.4 Å². The van der Waals surface area contributed by atoms with E-state index < -0.39 is 17.5 Å². The maximum absolute atomic E-state index is 13.8. The number of hydrazone groups is 1. The van der Waals surface area contributed by atoms with E-state index in [4.69, 9.17) is 5.10 Å². The van der Waals surface area contributed by atoms with E-state index in [1.807, 2.05) is 48.7 Å². The van der Waals surface area contributed by atoms with Crippen LogP contribution >= 0.6 is 23.1 Å². The van der Waals surface area contributed by atoms with Crippen LogP contribution in [0.25, 0.3) is 5.69 Å². The summed E-state index contributed by atoms with van der Waals surface area (Å²) in [7, 11) is 0. The van der Waals surface area contributed by atoms with Gasteiger partial charge in [-0.15, -0.1) is 21.5 Å². The van der Waals surface area contributed by atoms with Crippen molar-refractivity contribution in [1.29, 1.82) is 0 Å². The van der Waals surface area contributed by atoms with Gasteiger partial charge in [0.05, 0.1) is 28.9 Å². The van der Waals surface area contributed by atoms with E-state index in [0.717, 1.165) is 27.8 Å². The number of thiophene rings is 1. The summed E-state index contributed by atoms with van der Waals surface area (Å²) in [6, 6.07) is 22.9. The maximum Gasteiger partial charge on any atom is 0.253 e. The summed E-state index contributed by atoms with van der Waals surface area (Å²) in [5.74, 6) is -1.26. The maximum atomic E-state index is 13.8. The van der Waals surface area contributed by atoms with Crippen LogP contribution in [0.2, 0.25) is 0 Å². The second-order valence-electron chi connectivity index (χ2n) is 10.1. The van der Waals surface area contributed by atoms with E-state index in [1.165, 1.54) is 42.1 Å². The van der Waals surface area contributed by atoms with Crippen LogP contribution in [0.3, 0.4) is 0 Å². The molecule has 8 nitrogen and oxygen atoms in total. The molecule has 2 aromatic heterocycles. The number of thioether (sulfide) groups is 1. The number of rotatable bonds is 9. The molecule has 3 heterocycles. The van der Waals surface area contributed by atoms with Gasteiger partial charge < -0.3 is 5.32 Å². The molecular weight excluding hydrogens is 603 g/mol. The highest BCUT2D eigenvalue weighted by atomic mass is 32.2. The molecular formula is C32H26F2N6O2S2. The fourth-order valence-corrected chi connectivity index (χ4v) is 6.37. The lowest BCUT2D eigenvalue weighted by atomic mass is 10.00. The second-order valence-corrected chi connectivity index (χ2v) is 12.0. The van der Waals surface area contributed by atoms with Gasteiger partial charge in [0, 0.05) is 17.7 Å². The molecule has 0 saturated carbocycles. The summed E-state index contributed by atoms with van der Waals surface area (Å²) >= 11 is 2.75. The van der Waals surface area contributed by atoms with Crippen molar-refractivity contribution in [2.75, 3.05) is 5.75 Å². The molecule has 1 aliphatic heterocycles. The predicted octanol–water partition coefficient (Wildman–Crippen LogP) is 6.32. The molecule has 222 valence electrons. The second kappa shape index (κ2) is 12.9. The third-order valence-electron chi connectivity index (χ3n) is 7.04. The predicted molar refractivity (Wildman–Crippen MR) is 166 cm³/mol. The van der Waals surface area contributed by atoms with Crippen LogP contribution in [0.15, 0.2) is 101 Å². The number of amides is 2. The minimum absolute atomic E-state index is 0.0125. The van der Waals surface area contributed by atoms with Gasteiger partial charge >= 0.3 is 0 Å². The molecule has 0 spiro atoms. The van der Waals surface area contributed by atoms with Crippen LogP contribution in [-0.2, 0) is 11.3 Å². The zero-order valence-corrected chi connectivity index (χ0v) is 25.1. The van der Waals surface area contributed by atoms with Crippen LogP contribution < -0.4 is 5.32 Å². The molecule has 3 aromatic carbocycles. The van der Waals surface area contributed by atoms with Crippen LogP contribution in [0, 0.1) is 18.6 Å². The van der Waals surface area contributed by atoms with Crippen LogP contribution in [-0.4, -0.2) is 43.1 Å². The number of aryl methyl sites for hydroxylation is 1. The number of halogens is 2. The lowest BCUT2D eigenvalue weighted by Gasteiger charge is -2.22. The molecule has 0 fully saturated rings. The molecule has 1 aliphatic rings. The minimum Gasteiger partial charge on any atom is -0.345 e. The summed E-state index contributed by atoms with van der Waals surface area (Å²) < 4.78 is 29.1. The van der Waals surface area contributed by atoms with Crippen molar-refractivity contribution in [3.8, 4) is 5.69 Å². The molecule has 0 bridgehead atoms. The largest absolute Gasteiger partial charge is 0.345 e.